The number of pyridine rings is 1. The standard InChI is InChI=1S/C12H10N4S/c13-8-3-10(6-14-5-8)16-9-1-2-11-12(4-9)17-7-15-11/h1-7,16H,13H2. The third-order valence-electron chi connectivity index (χ3n) is 2.38. The van der Waals surface area contributed by atoms with Gasteiger partial charge in [0.05, 0.1) is 33.3 Å². The maximum Gasteiger partial charge on any atom is 0.0813 e. The Hall–Kier alpha value is -2.14. The molecule has 2 heterocycles. The minimum atomic E-state index is 0.647. The van der Waals surface area contributed by atoms with Crippen molar-refractivity contribution in [3.63, 3.8) is 0 Å². The summed E-state index contributed by atoms with van der Waals surface area (Å²) in [6.45, 7) is 0. The fraction of sp³-hybridized carbons (Fsp3) is 0. The van der Waals surface area contributed by atoms with Gasteiger partial charge in [-0.25, -0.2) is 4.98 Å². The highest BCUT2D eigenvalue weighted by molar-refractivity contribution is 7.16. The summed E-state index contributed by atoms with van der Waals surface area (Å²) >= 11 is 1.62. The van der Waals surface area contributed by atoms with Gasteiger partial charge in [-0.3, -0.25) is 4.98 Å². The van der Waals surface area contributed by atoms with Crippen LogP contribution in [0.3, 0.4) is 0 Å². The first-order chi connectivity index (χ1) is 8.31. The molecule has 5 heteroatoms. The molecule has 0 aliphatic carbocycles. The van der Waals surface area contributed by atoms with Gasteiger partial charge in [-0.15, -0.1) is 11.3 Å². The van der Waals surface area contributed by atoms with E-state index in [4.69, 9.17) is 5.73 Å². The molecule has 1 aromatic carbocycles. The number of hydrogen-bond acceptors (Lipinski definition) is 5. The average molecular weight is 242 g/mol. The zero-order valence-electron chi connectivity index (χ0n) is 8.92. The molecule has 4 nitrogen and oxygen atoms in total. The van der Waals surface area contributed by atoms with Crippen molar-refractivity contribution in [2.24, 2.45) is 0 Å². The Kier molecular flexibility index (Phi) is 2.38. The van der Waals surface area contributed by atoms with Crippen LogP contribution in [0.15, 0.2) is 42.2 Å². The highest BCUT2D eigenvalue weighted by Crippen LogP contribution is 2.24. The molecule has 17 heavy (non-hydrogen) atoms. The SMILES string of the molecule is Nc1cncc(Nc2ccc3ncsc3c2)c1. The van der Waals surface area contributed by atoms with E-state index in [1.807, 2.05) is 23.7 Å². The fourth-order valence-electron chi connectivity index (χ4n) is 1.63. The molecule has 0 saturated carbocycles. The molecule has 0 unspecified atom stereocenters. The first-order valence-corrected chi connectivity index (χ1v) is 6.00. The van der Waals surface area contributed by atoms with Crippen molar-refractivity contribution >= 4 is 38.6 Å². The van der Waals surface area contributed by atoms with Crippen LogP contribution >= 0.6 is 11.3 Å². The quantitative estimate of drug-likeness (QED) is 0.725. The lowest BCUT2D eigenvalue weighted by molar-refractivity contribution is 1.32. The van der Waals surface area contributed by atoms with Gasteiger partial charge in [0.25, 0.3) is 0 Å². The summed E-state index contributed by atoms with van der Waals surface area (Å²) in [4.78, 5) is 8.27. The predicted molar refractivity (Wildman–Crippen MR) is 71.6 cm³/mol. The second kappa shape index (κ2) is 4.03. The summed E-state index contributed by atoms with van der Waals surface area (Å²) < 4.78 is 1.16. The van der Waals surface area contributed by atoms with Gasteiger partial charge in [-0.2, -0.15) is 0 Å². The first-order valence-electron chi connectivity index (χ1n) is 5.12. The molecule has 3 N–H and O–H groups in total. The van der Waals surface area contributed by atoms with Gasteiger partial charge in [0, 0.05) is 11.9 Å². The highest BCUT2D eigenvalue weighted by atomic mass is 32.1. The van der Waals surface area contributed by atoms with Crippen molar-refractivity contribution < 1.29 is 0 Å². The van der Waals surface area contributed by atoms with E-state index in [1.54, 1.807) is 23.7 Å². The molecule has 3 aromatic rings. The number of hydrogen-bond donors (Lipinski definition) is 2. The Labute approximate surface area is 102 Å². The lowest BCUT2D eigenvalue weighted by Crippen LogP contribution is -1.93. The van der Waals surface area contributed by atoms with E-state index in [-0.39, 0.29) is 0 Å². The lowest BCUT2D eigenvalue weighted by Gasteiger charge is -2.06. The van der Waals surface area contributed by atoms with Crippen molar-refractivity contribution in [3.8, 4) is 0 Å². The molecule has 0 bridgehead atoms. The molecule has 2 aromatic heterocycles. The molecule has 0 atom stereocenters. The summed E-state index contributed by atoms with van der Waals surface area (Å²) in [5, 5.41) is 3.26. The summed E-state index contributed by atoms with van der Waals surface area (Å²) in [6.07, 6.45) is 3.37. The Morgan fingerprint density at radius 2 is 2.06 bits per heavy atom. The molecule has 0 aliphatic heterocycles. The predicted octanol–water partition coefficient (Wildman–Crippen LogP) is 3.02. The van der Waals surface area contributed by atoms with Crippen LogP contribution in [0, 0.1) is 0 Å². The van der Waals surface area contributed by atoms with Crippen LogP contribution in [0.4, 0.5) is 17.1 Å². The van der Waals surface area contributed by atoms with Gasteiger partial charge in [-0.1, -0.05) is 0 Å². The van der Waals surface area contributed by atoms with Crippen molar-refractivity contribution in [1.82, 2.24) is 9.97 Å². The minimum absolute atomic E-state index is 0.647. The third kappa shape index (κ3) is 2.05. The van der Waals surface area contributed by atoms with Gasteiger partial charge in [-0.05, 0) is 24.3 Å². The minimum Gasteiger partial charge on any atom is -0.397 e. The van der Waals surface area contributed by atoms with E-state index in [0.29, 0.717) is 5.69 Å². The topological polar surface area (TPSA) is 63.8 Å². The number of nitrogens with two attached hydrogens (primary N) is 1. The molecule has 3 rings (SSSR count). The second-order valence-corrected chi connectivity index (χ2v) is 4.55. The molecule has 0 radical (unpaired) electrons. The lowest BCUT2D eigenvalue weighted by atomic mass is 10.3. The summed E-state index contributed by atoms with van der Waals surface area (Å²) in [6, 6.07) is 7.90. The normalized spacial score (nSPS) is 10.6. The molecule has 0 fully saturated rings. The number of anilines is 3. The molecular weight excluding hydrogens is 232 g/mol. The maximum atomic E-state index is 5.68. The number of nitrogen functional groups attached to an aromatic ring is 1. The number of aromatic nitrogens is 2. The summed E-state index contributed by atoms with van der Waals surface area (Å²) in [5.74, 6) is 0. The monoisotopic (exact) mass is 242 g/mol. The van der Waals surface area contributed by atoms with Gasteiger partial charge in [0.15, 0.2) is 0 Å². The van der Waals surface area contributed by atoms with E-state index < -0.39 is 0 Å². The highest BCUT2D eigenvalue weighted by Gasteiger charge is 2.00. The van der Waals surface area contributed by atoms with Crippen LogP contribution in [0.1, 0.15) is 0 Å². The Balaban J connectivity index is 1.94. The molecule has 0 spiro atoms. The van der Waals surface area contributed by atoms with Crippen molar-refractivity contribution in [2.45, 2.75) is 0 Å². The van der Waals surface area contributed by atoms with E-state index in [9.17, 15) is 0 Å². The largest absolute Gasteiger partial charge is 0.397 e. The van der Waals surface area contributed by atoms with Gasteiger partial charge in [0.1, 0.15) is 0 Å². The van der Waals surface area contributed by atoms with Crippen LogP contribution in [-0.2, 0) is 0 Å². The zero-order valence-corrected chi connectivity index (χ0v) is 9.74. The fourth-order valence-corrected chi connectivity index (χ4v) is 2.34. The number of nitrogens with one attached hydrogen (secondary N) is 1. The third-order valence-corrected chi connectivity index (χ3v) is 3.17. The summed E-state index contributed by atoms with van der Waals surface area (Å²) in [5.41, 5.74) is 11.1. The maximum absolute atomic E-state index is 5.68. The van der Waals surface area contributed by atoms with Crippen LogP contribution in [-0.4, -0.2) is 9.97 Å². The zero-order chi connectivity index (χ0) is 11.7. The van der Waals surface area contributed by atoms with Crippen LogP contribution in [0.5, 0.6) is 0 Å². The molecule has 0 amide bonds. The van der Waals surface area contributed by atoms with Crippen LogP contribution in [0.25, 0.3) is 10.2 Å². The van der Waals surface area contributed by atoms with Crippen molar-refractivity contribution in [2.75, 3.05) is 11.1 Å². The van der Waals surface area contributed by atoms with Crippen LogP contribution in [0.2, 0.25) is 0 Å². The molecule has 84 valence electrons. The van der Waals surface area contributed by atoms with E-state index in [1.165, 1.54) is 0 Å². The van der Waals surface area contributed by atoms with Crippen molar-refractivity contribution in [1.29, 1.82) is 0 Å². The number of benzene rings is 1. The average Bonchev–Trinajstić information content (AvgIpc) is 2.76. The number of thiazole rings is 1. The second-order valence-electron chi connectivity index (χ2n) is 3.67. The Bertz CT molecular complexity index is 662. The van der Waals surface area contributed by atoms with Gasteiger partial charge >= 0.3 is 0 Å². The molecule has 0 aliphatic rings. The van der Waals surface area contributed by atoms with E-state index in [0.717, 1.165) is 21.6 Å². The Morgan fingerprint density at radius 1 is 1.12 bits per heavy atom. The van der Waals surface area contributed by atoms with Crippen molar-refractivity contribution in [3.05, 3.63) is 42.2 Å². The van der Waals surface area contributed by atoms with Gasteiger partial charge < -0.3 is 11.1 Å². The van der Waals surface area contributed by atoms with Gasteiger partial charge in [0.2, 0.25) is 0 Å². The smallest absolute Gasteiger partial charge is 0.0813 e. The Morgan fingerprint density at radius 3 is 2.94 bits per heavy atom. The molecular formula is C12H10N4S. The number of rotatable bonds is 2. The number of fused-ring (bicyclic) bond motifs is 1. The number of nitrogens with zero attached hydrogens (tertiary/aromatic N) is 2. The van der Waals surface area contributed by atoms with E-state index in [2.05, 4.69) is 21.4 Å². The first kappa shape index (κ1) is 10.0. The summed E-state index contributed by atoms with van der Waals surface area (Å²) in [7, 11) is 0. The van der Waals surface area contributed by atoms with Crippen LogP contribution < -0.4 is 11.1 Å². The van der Waals surface area contributed by atoms with E-state index >= 15 is 0 Å². The molecule has 0 saturated heterocycles.